The van der Waals surface area contributed by atoms with Crippen LogP contribution in [0.5, 0.6) is 0 Å². The Kier molecular flexibility index (Phi) is 3.36. The third-order valence-corrected chi connectivity index (χ3v) is 0.810. The van der Waals surface area contributed by atoms with E-state index in [1.165, 1.54) is 12.5 Å². The van der Waals surface area contributed by atoms with E-state index in [0.29, 0.717) is 0 Å². The molecule has 5 heteroatoms. The smallest absolute Gasteiger partial charge is 0.138 e. The summed E-state index contributed by atoms with van der Waals surface area (Å²) < 4.78 is 0. The highest BCUT2D eigenvalue weighted by molar-refractivity contribution is 4.72. The van der Waals surface area contributed by atoms with Crippen molar-refractivity contribution in [1.82, 2.24) is 25.4 Å². The van der Waals surface area contributed by atoms with Crippen LogP contribution in [0.1, 0.15) is 0 Å². The Hall–Kier alpha value is -1.78. The lowest BCUT2D eigenvalue weighted by Gasteiger charge is -1.69. The number of aromatic nitrogens is 5. The number of nitrogens with zero attached hydrogens (tertiary/aromatic N) is 4. The standard InChI is InChI=1S/C3H3N3.C3H4N2/c1-2-5-6-3-4-1;1-2-4-5-3-1/h1-3H;1-3H,(H,4,5). The molecule has 0 radical (unpaired) electrons. The average Bonchev–Trinajstić information content (AvgIpc) is 2.64. The minimum Gasteiger partial charge on any atom is -0.286 e. The summed E-state index contributed by atoms with van der Waals surface area (Å²) in [6.07, 6.45) is 7.95. The van der Waals surface area contributed by atoms with Gasteiger partial charge in [0.05, 0.1) is 6.20 Å². The summed E-state index contributed by atoms with van der Waals surface area (Å²) in [7, 11) is 0. The van der Waals surface area contributed by atoms with Crippen molar-refractivity contribution in [3.05, 3.63) is 37.2 Å². The Morgan fingerprint density at radius 1 is 1.00 bits per heavy atom. The van der Waals surface area contributed by atoms with Crippen molar-refractivity contribution in [2.75, 3.05) is 0 Å². The molecule has 0 aliphatic carbocycles. The van der Waals surface area contributed by atoms with Gasteiger partial charge in [-0.2, -0.15) is 10.2 Å². The Morgan fingerprint density at radius 2 is 2.00 bits per heavy atom. The predicted octanol–water partition coefficient (Wildman–Crippen LogP) is 0.281. The van der Waals surface area contributed by atoms with E-state index in [4.69, 9.17) is 0 Å². The molecule has 11 heavy (non-hydrogen) atoms. The number of nitrogens with one attached hydrogen (secondary N) is 1. The van der Waals surface area contributed by atoms with Gasteiger partial charge < -0.3 is 0 Å². The zero-order valence-corrected chi connectivity index (χ0v) is 5.75. The van der Waals surface area contributed by atoms with Gasteiger partial charge in [-0.3, -0.25) is 5.10 Å². The molecule has 1 N–H and O–H groups in total. The average molecular weight is 149 g/mol. The number of rotatable bonds is 0. The predicted molar refractivity (Wildman–Crippen MR) is 38.4 cm³/mol. The monoisotopic (exact) mass is 149 g/mol. The number of aromatic amines is 1. The first-order chi connectivity index (χ1) is 5.50. The van der Waals surface area contributed by atoms with Crippen molar-refractivity contribution in [2.24, 2.45) is 0 Å². The molecule has 0 aromatic carbocycles. The molecule has 0 spiro atoms. The van der Waals surface area contributed by atoms with E-state index < -0.39 is 0 Å². The number of hydrogen-bond acceptors (Lipinski definition) is 4. The number of H-pyrrole nitrogens is 1. The van der Waals surface area contributed by atoms with Gasteiger partial charge in [-0.15, -0.1) is 5.10 Å². The van der Waals surface area contributed by atoms with Crippen molar-refractivity contribution in [2.45, 2.75) is 0 Å². The highest BCUT2D eigenvalue weighted by atomic mass is 15.1. The van der Waals surface area contributed by atoms with E-state index in [1.54, 1.807) is 18.6 Å². The Morgan fingerprint density at radius 3 is 2.18 bits per heavy atom. The minimum atomic E-state index is 1.39. The molecule has 0 aliphatic heterocycles. The molecule has 0 bridgehead atoms. The van der Waals surface area contributed by atoms with E-state index >= 15 is 0 Å². The molecule has 0 unspecified atom stereocenters. The summed E-state index contributed by atoms with van der Waals surface area (Å²) in [6, 6.07) is 1.83. The van der Waals surface area contributed by atoms with Crippen LogP contribution in [0, 0.1) is 0 Å². The maximum atomic E-state index is 3.61. The molecule has 2 rings (SSSR count). The molecular formula is C6H7N5. The van der Waals surface area contributed by atoms with Crippen LogP contribution < -0.4 is 0 Å². The van der Waals surface area contributed by atoms with Crippen molar-refractivity contribution < 1.29 is 0 Å². The molecule has 0 amide bonds. The highest BCUT2D eigenvalue weighted by Crippen LogP contribution is 1.64. The van der Waals surface area contributed by atoms with E-state index in [1.807, 2.05) is 6.07 Å². The third-order valence-electron chi connectivity index (χ3n) is 0.810. The largest absolute Gasteiger partial charge is 0.286 e. The van der Waals surface area contributed by atoms with Crippen molar-refractivity contribution in [3.63, 3.8) is 0 Å². The van der Waals surface area contributed by atoms with Gasteiger partial charge in [0.15, 0.2) is 0 Å². The quantitative estimate of drug-likeness (QED) is 0.584. The second-order valence-corrected chi connectivity index (χ2v) is 1.56. The topological polar surface area (TPSA) is 67.3 Å². The molecule has 2 aromatic heterocycles. The first kappa shape index (κ1) is 7.33. The summed E-state index contributed by atoms with van der Waals surface area (Å²) in [4.78, 5) is 3.61. The fourth-order valence-electron chi connectivity index (χ4n) is 0.420. The van der Waals surface area contributed by atoms with Crippen molar-refractivity contribution in [1.29, 1.82) is 0 Å². The summed E-state index contributed by atoms with van der Waals surface area (Å²) in [5.74, 6) is 0. The maximum absolute atomic E-state index is 3.61. The first-order valence-electron chi connectivity index (χ1n) is 3.00. The summed E-state index contributed by atoms with van der Waals surface area (Å²) in [5.41, 5.74) is 0. The summed E-state index contributed by atoms with van der Waals surface area (Å²) in [6.45, 7) is 0. The fraction of sp³-hybridized carbons (Fsp3) is 0. The molecule has 0 aliphatic rings. The van der Waals surface area contributed by atoms with Crippen LogP contribution >= 0.6 is 0 Å². The molecular weight excluding hydrogens is 142 g/mol. The Bertz CT molecular complexity index is 197. The highest BCUT2D eigenvalue weighted by Gasteiger charge is 1.60. The van der Waals surface area contributed by atoms with Gasteiger partial charge in [-0.05, 0) is 6.07 Å². The van der Waals surface area contributed by atoms with Gasteiger partial charge in [0.25, 0.3) is 0 Å². The van der Waals surface area contributed by atoms with Crippen LogP contribution in [0.15, 0.2) is 37.2 Å². The first-order valence-corrected chi connectivity index (χ1v) is 3.00. The van der Waals surface area contributed by atoms with E-state index in [0.717, 1.165) is 0 Å². The van der Waals surface area contributed by atoms with Crippen molar-refractivity contribution >= 4 is 0 Å². The molecule has 2 heterocycles. The zero-order chi connectivity index (χ0) is 7.78. The van der Waals surface area contributed by atoms with Gasteiger partial charge in [0.2, 0.25) is 0 Å². The van der Waals surface area contributed by atoms with Crippen LogP contribution in [-0.4, -0.2) is 25.4 Å². The lowest BCUT2D eigenvalue weighted by Crippen LogP contribution is -1.75. The summed E-state index contributed by atoms with van der Waals surface area (Å²) in [5, 5.41) is 13.1. The SMILES string of the molecule is c1cn[nH]c1.c1cnncn1. The van der Waals surface area contributed by atoms with Crippen LogP contribution in [-0.2, 0) is 0 Å². The Balaban J connectivity index is 0.000000112. The fourth-order valence-corrected chi connectivity index (χ4v) is 0.420. The van der Waals surface area contributed by atoms with Crippen LogP contribution in [0.3, 0.4) is 0 Å². The van der Waals surface area contributed by atoms with Gasteiger partial charge in [-0.1, -0.05) is 0 Å². The molecule has 5 nitrogen and oxygen atoms in total. The minimum absolute atomic E-state index is 1.39. The van der Waals surface area contributed by atoms with Crippen molar-refractivity contribution in [3.8, 4) is 0 Å². The molecule has 0 fully saturated rings. The maximum Gasteiger partial charge on any atom is 0.138 e. The van der Waals surface area contributed by atoms with Gasteiger partial charge >= 0.3 is 0 Å². The lowest BCUT2D eigenvalue weighted by atomic mass is 10.8. The molecule has 0 saturated carbocycles. The molecule has 0 atom stereocenters. The Labute approximate surface area is 63.5 Å². The van der Waals surface area contributed by atoms with E-state index in [9.17, 15) is 0 Å². The normalized spacial score (nSPS) is 8.00. The van der Waals surface area contributed by atoms with Gasteiger partial charge in [0.1, 0.15) is 6.33 Å². The van der Waals surface area contributed by atoms with Crippen LogP contribution in [0.2, 0.25) is 0 Å². The van der Waals surface area contributed by atoms with Crippen LogP contribution in [0.4, 0.5) is 0 Å². The lowest BCUT2D eigenvalue weighted by molar-refractivity contribution is 0.969. The van der Waals surface area contributed by atoms with Gasteiger partial charge in [-0.25, -0.2) is 4.98 Å². The van der Waals surface area contributed by atoms with E-state index in [2.05, 4.69) is 25.4 Å². The second-order valence-electron chi connectivity index (χ2n) is 1.56. The van der Waals surface area contributed by atoms with Gasteiger partial charge in [0, 0.05) is 18.6 Å². The third kappa shape index (κ3) is 3.74. The summed E-state index contributed by atoms with van der Waals surface area (Å²) >= 11 is 0. The molecule has 0 saturated heterocycles. The van der Waals surface area contributed by atoms with E-state index in [-0.39, 0.29) is 0 Å². The second kappa shape index (κ2) is 5.04. The number of hydrogen-bond donors (Lipinski definition) is 1. The molecule has 2 aromatic rings. The molecule has 56 valence electrons. The zero-order valence-electron chi connectivity index (χ0n) is 5.75. The van der Waals surface area contributed by atoms with Crippen LogP contribution in [0.25, 0.3) is 0 Å².